The molecule has 2 N–H and O–H groups in total. The minimum atomic E-state index is -0.693. The molecule has 0 aliphatic carbocycles. The van der Waals surface area contributed by atoms with Gasteiger partial charge in [0, 0.05) is 48.4 Å². The van der Waals surface area contributed by atoms with E-state index in [1.165, 1.54) is 12.2 Å². The van der Waals surface area contributed by atoms with Crippen LogP contribution in [0.3, 0.4) is 0 Å². The van der Waals surface area contributed by atoms with Crippen molar-refractivity contribution in [2.45, 2.75) is 19.4 Å². The molecule has 1 saturated heterocycles. The maximum Gasteiger partial charge on any atom is 0.254 e. The van der Waals surface area contributed by atoms with Crippen LogP contribution in [0.25, 0.3) is 10.9 Å². The summed E-state index contributed by atoms with van der Waals surface area (Å²) in [5, 5.41) is 1.18. The Bertz CT molecular complexity index is 1170. The first-order chi connectivity index (χ1) is 14.9. The molecule has 0 atom stereocenters. The smallest absolute Gasteiger partial charge is 0.254 e. The Balaban J connectivity index is 1.76. The molecular formula is C24H26ClN3O2S. The normalized spacial score (nSPS) is 15.2. The lowest BCUT2D eigenvalue weighted by molar-refractivity contribution is 0.0998. The number of pyridine rings is 1. The molecule has 0 radical (unpaired) electrons. The van der Waals surface area contributed by atoms with Crippen molar-refractivity contribution in [3.05, 3.63) is 80.1 Å². The number of amides is 1. The fourth-order valence-corrected chi connectivity index (χ4v) is 5.26. The number of hydrogen-bond acceptors (Lipinski definition) is 4. The van der Waals surface area contributed by atoms with Gasteiger partial charge in [0.15, 0.2) is 0 Å². The lowest BCUT2D eigenvalue weighted by Crippen LogP contribution is -2.28. The van der Waals surface area contributed by atoms with E-state index in [2.05, 4.69) is 11.0 Å². The number of nitrogens with two attached hydrogens (primary N) is 1. The van der Waals surface area contributed by atoms with Gasteiger partial charge in [-0.25, -0.2) is 0 Å². The van der Waals surface area contributed by atoms with Crippen LogP contribution in [-0.2, 0) is 20.0 Å². The first-order valence-electron chi connectivity index (χ1n) is 10.4. The summed E-state index contributed by atoms with van der Waals surface area (Å²) in [5.74, 6) is 1.64. The number of aryl methyl sites for hydroxylation is 1. The van der Waals surface area contributed by atoms with Gasteiger partial charge in [-0.3, -0.25) is 14.5 Å². The van der Waals surface area contributed by atoms with Crippen LogP contribution < -0.4 is 11.2 Å². The summed E-state index contributed by atoms with van der Waals surface area (Å²) in [7, 11) is 1.88. The summed E-state index contributed by atoms with van der Waals surface area (Å²) in [5.41, 5.74) is 8.90. The molecule has 3 aromatic rings. The molecule has 0 saturated carbocycles. The SMILES string of the molecule is Cn1c(Cc2ccc(Cl)cc2)c(C(N)=O)c(=O)c2cc(CN3CCCSCC3)ccc21. The maximum atomic E-state index is 13.3. The Morgan fingerprint density at radius 3 is 2.58 bits per heavy atom. The number of thioether (sulfide) groups is 1. The highest BCUT2D eigenvalue weighted by Gasteiger charge is 2.20. The topological polar surface area (TPSA) is 68.3 Å². The second-order valence-electron chi connectivity index (χ2n) is 7.97. The van der Waals surface area contributed by atoms with Crippen molar-refractivity contribution in [2.75, 3.05) is 24.6 Å². The Kier molecular flexibility index (Phi) is 6.70. The maximum absolute atomic E-state index is 13.3. The minimum absolute atomic E-state index is 0.0632. The van der Waals surface area contributed by atoms with Gasteiger partial charge in [0.25, 0.3) is 5.91 Å². The van der Waals surface area contributed by atoms with Crippen LogP contribution >= 0.6 is 23.4 Å². The summed E-state index contributed by atoms with van der Waals surface area (Å²) in [6.07, 6.45) is 1.60. The van der Waals surface area contributed by atoms with E-state index in [1.54, 1.807) is 12.1 Å². The van der Waals surface area contributed by atoms with Crippen molar-refractivity contribution in [3.63, 3.8) is 0 Å². The van der Waals surface area contributed by atoms with Crippen LogP contribution in [0.5, 0.6) is 0 Å². The van der Waals surface area contributed by atoms with Crippen LogP contribution in [0.2, 0.25) is 5.02 Å². The van der Waals surface area contributed by atoms with Gasteiger partial charge in [-0.05, 0) is 54.1 Å². The van der Waals surface area contributed by atoms with E-state index in [0.29, 0.717) is 22.5 Å². The van der Waals surface area contributed by atoms with Crippen LogP contribution in [0.4, 0.5) is 0 Å². The number of carbonyl (C=O) groups excluding carboxylic acids is 1. The monoisotopic (exact) mass is 455 g/mol. The average Bonchev–Trinajstić information content (AvgIpc) is 3.02. The van der Waals surface area contributed by atoms with E-state index in [0.717, 1.165) is 42.0 Å². The third-order valence-electron chi connectivity index (χ3n) is 5.84. The predicted octanol–water partition coefficient (Wildman–Crippen LogP) is 3.82. The number of halogens is 1. The molecule has 0 unspecified atom stereocenters. The Hall–Kier alpha value is -2.28. The Labute approximate surface area is 191 Å². The molecule has 5 nitrogen and oxygen atoms in total. The van der Waals surface area contributed by atoms with E-state index >= 15 is 0 Å². The predicted molar refractivity (Wildman–Crippen MR) is 129 cm³/mol. The summed E-state index contributed by atoms with van der Waals surface area (Å²) in [6.45, 7) is 2.92. The van der Waals surface area contributed by atoms with Crippen LogP contribution in [0, 0.1) is 0 Å². The molecule has 4 rings (SSSR count). The van der Waals surface area contributed by atoms with Crippen molar-refractivity contribution in [3.8, 4) is 0 Å². The van der Waals surface area contributed by atoms with Gasteiger partial charge < -0.3 is 10.3 Å². The molecule has 1 fully saturated rings. The number of benzene rings is 2. The summed E-state index contributed by atoms with van der Waals surface area (Å²) in [4.78, 5) is 28.1. The van der Waals surface area contributed by atoms with Crippen LogP contribution in [0.1, 0.15) is 33.6 Å². The molecule has 0 bridgehead atoms. The second kappa shape index (κ2) is 9.47. The van der Waals surface area contributed by atoms with Gasteiger partial charge in [0.2, 0.25) is 5.43 Å². The minimum Gasteiger partial charge on any atom is -0.365 e. The summed E-state index contributed by atoms with van der Waals surface area (Å²) < 4.78 is 1.91. The van der Waals surface area contributed by atoms with Gasteiger partial charge in [-0.1, -0.05) is 29.8 Å². The summed E-state index contributed by atoms with van der Waals surface area (Å²) >= 11 is 7.98. The molecule has 1 amide bonds. The van der Waals surface area contributed by atoms with Crippen molar-refractivity contribution in [1.29, 1.82) is 0 Å². The third kappa shape index (κ3) is 4.81. The molecule has 0 spiro atoms. The fourth-order valence-electron chi connectivity index (χ4n) is 4.21. The lowest BCUT2D eigenvalue weighted by Gasteiger charge is -2.20. The second-order valence-corrected chi connectivity index (χ2v) is 9.63. The molecule has 1 aromatic heterocycles. The number of carbonyl (C=O) groups is 1. The summed E-state index contributed by atoms with van der Waals surface area (Å²) in [6, 6.07) is 13.4. The Morgan fingerprint density at radius 2 is 1.84 bits per heavy atom. The van der Waals surface area contributed by atoms with E-state index in [1.807, 2.05) is 47.6 Å². The van der Waals surface area contributed by atoms with Crippen LogP contribution in [-0.4, -0.2) is 40.0 Å². The van der Waals surface area contributed by atoms with Gasteiger partial charge in [0.1, 0.15) is 5.56 Å². The van der Waals surface area contributed by atoms with E-state index in [9.17, 15) is 9.59 Å². The molecule has 2 aromatic carbocycles. The quantitative estimate of drug-likeness (QED) is 0.635. The molecule has 162 valence electrons. The average molecular weight is 456 g/mol. The first kappa shape index (κ1) is 21.9. The number of aromatic nitrogens is 1. The Morgan fingerprint density at radius 1 is 1.10 bits per heavy atom. The van der Waals surface area contributed by atoms with E-state index < -0.39 is 5.91 Å². The van der Waals surface area contributed by atoms with Gasteiger partial charge >= 0.3 is 0 Å². The number of primary amides is 1. The number of nitrogens with zero attached hydrogens (tertiary/aromatic N) is 2. The van der Waals surface area contributed by atoms with Gasteiger partial charge in [0.05, 0.1) is 5.52 Å². The van der Waals surface area contributed by atoms with Crippen molar-refractivity contribution < 1.29 is 4.79 Å². The molecule has 7 heteroatoms. The van der Waals surface area contributed by atoms with Gasteiger partial charge in [-0.2, -0.15) is 11.8 Å². The molecule has 1 aliphatic heterocycles. The molecular weight excluding hydrogens is 430 g/mol. The first-order valence-corrected chi connectivity index (χ1v) is 12.0. The number of hydrogen-bond donors (Lipinski definition) is 1. The molecule has 2 heterocycles. The van der Waals surface area contributed by atoms with Crippen molar-refractivity contribution >= 4 is 40.2 Å². The van der Waals surface area contributed by atoms with E-state index in [4.69, 9.17) is 17.3 Å². The van der Waals surface area contributed by atoms with Crippen LogP contribution in [0.15, 0.2) is 47.3 Å². The highest BCUT2D eigenvalue weighted by atomic mass is 35.5. The third-order valence-corrected chi connectivity index (χ3v) is 7.14. The number of fused-ring (bicyclic) bond motifs is 1. The standard InChI is InChI=1S/C24H26ClN3O2S/c1-27-20-8-5-17(15-28-9-2-11-31-12-10-28)13-19(20)23(29)22(24(26)30)21(27)14-16-3-6-18(25)7-4-16/h3-8,13H,2,9-12,14-15H2,1H3,(H2,26,30). The number of rotatable bonds is 5. The van der Waals surface area contributed by atoms with Crippen molar-refractivity contribution in [1.82, 2.24) is 9.47 Å². The highest BCUT2D eigenvalue weighted by Crippen LogP contribution is 2.22. The largest absolute Gasteiger partial charge is 0.365 e. The zero-order valence-electron chi connectivity index (χ0n) is 17.6. The zero-order chi connectivity index (χ0) is 22.0. The highest BCUT2D eigenvalue weighted by molar-refractivity contribution is 7.99. The lowest BCUT2D eigenvalue weighted by atomic mass is 10.00. The molecule has 31 heavy (non-hydrogen) atoms. The molecule has 1 aliphatic rings. The van der Waals surface area contributed by atoms with E-state index in [-0.39, 0.29) is 11.0 Å². The van der Waals surface area contributed by atoms with Crippen molar-refractivity contribution in [2.24, 2.45) is 12.8 Å². The fraction of sp³-hybridized carbons (Fsp3) is 0.333. The zero-order valence-corrected chi connectivity index (χ0v) is 19.1. The van der Waals surface area contributed by atoms with Gasteiger partial charge in [-0.15, -0.1) is 0 Å².